The summed E-state index contributed by atoms with van der Waals surface area (Å²) >= 11 is 0. The second-order valence-corrected chi connectivity index (χ2v) is 4.43. The van der Waals surface area contributed by atoms with Gasteiger partial charge in [0.15, 0.2) is 0 Å². The van der Waals surface area contributed by atoms with Gasteiger partial charge >= 0.3 is 0 Å². The van der Waals surface area contributed by atoms with E-state index in [0.29, 0.717) is 6.04 Å². The van der Waals surface area contributed by atoms with Crippen molar-refractivity contribution in [2.45, 2.75) is 32.7 Å². The first kappa shape index (κ1) is 11.2. The van der Waals surface area contributed by atoms with Gasteiger partial charge in [0, 0.05) is 17.8 Å². The standard InChI is InChI=1S/C14H19NO/c1-10-5-4-6-12-9-13(16-14(10)12)8-7-11(2)15-3/h4-6,9,11,15H,7-8H2,1-3H3. The fraction of sp³-hybridized carbons (Fsp3) is 0.429. The van der Waals surface area contributed by atoms with Crippen molar-refractivity contribution in [3.05, 3.63) is 35.6 Å². The van der Waals surface area contributed by atoms with E-state index in [2.05, 4.69) is 43.4 Å². The third kappa shape index (κ3) is 2.27. The van der Waals surface area contributed by atoms with Crippen molar-refractivity contribution in [3.63, 3.8) is 0 Å². The lowest BCUT2D eigenvalue weighted by Gasteiger charge is -2.07. The van der Waals surface area contributed by atoms with Crippen molar-refractivity contribution >= 4 is 11.0 Å². The third-order valence-electron chi connectivity index (χ3n) is 3.11. The minimum absolute atomic E-state index is 0.536. The van der Waals surface area contributed by atoms with Gasteiger partial charge in [-0.15, -0.1) is 0 Å². The zero-order valence-corrected chi connectivity index (χ0v) is 10.2. The van der Waals surface area contributed by atoms with Crippen LogP contribution in [0, 0.1) is 6.92 Å². The van der Waals surface area contributed by atoms with Crippen molar-refractivity contribution in [2.24, 2.45) is 0 Å². The topological polar surface area (TPSA) is 25.2 Å². The summed E-state index contributed by atoms with van der Waals surface area (Å²) in [7, 11) is 1.99. The second kappa shape index (κ2) is 4.71. The maximum atomic E-state index is 5.87. The van der Waals surface area contributed by atoms with Crippen LogP contribution >= 0.6 is 0 Å². The Bertz CT molecular complexity index is 473. The number of rotatable bonds is 4. The molecule has 0 saturated heterocycles. The lowest BCUT2D eigenvalue weighted by atomic mass is 10.1. The van der Waals surface area contributed by atoms with E-state index in [4.69, 9.17) is 4.42 Å². The number of aryl methyl sites for hydroxylation is 2. The first-order valence-electron chi connectivity index (χ1n) is 5.86. The molecule has 0 aliphatic heterocycles. The predicted octanol–water partition coefficient (Wildman–Crippen LogP) is 3.28. The number of benzene rings is 1. The van der Waals surface area contributed by atoms with Gasteiger partial charge in [-0.3, -0.25) is 0 Å². The average molecular weight is 217 g/mol. The molecule has 2 heteroatoms. The van der Waals surface area contributed by atoms with E-state index < -0.39 is 0 Å². The molecule has 2 aromatic rings. The summed E-state index contributed by atoms with van der Waals surface area (Å²) in [6, 6.07) is 8.97. The van der Waals surface area contributed by atoms with E-state index in [0.717, 1.165) is 24.2 Å². The first-order chi connectivity index (χ1) is 7.70. The Morgan fingerprint density at radius 1 is 1.38 bits per heavy atom. The first-order valence-corrected chi connectivity index (χ1v) is 5.86. The Labute approximate surface area is 96.6 Å². The molecule has 0 radical (unpaired) electrons. The molecule has 0 fully saturated rings. The van der Waals surface area contributed by atoms with Crippen molar-refractivity contribution in [2.75, 3.05) is 7.05 Å². The fourth-order valence-electron chi connectivity index (χ4n) is 1.89. The van der Waals surface area contributed by atoms with Gasteiger partial charge in [-0.1, -0.05) is 18.2 Å². The Morgan fingerprint density at radius 2 is 2.19 bits per heavy atom. The number of hydrogen-bond acceptors (Lipinski definition) is 2. The van der Waals surface area contributed by atoms with Crippen LogP contribution in [0.1, 0.15) is 24.7 Å². The van der Waals surface area contributed by atoms with Gasteiger partial charge in [-0.05, 0) is 38.9 Å². The molecule has 1 N–H and O–H groups in total. The van der Waals surface area contributed by atoms with Crippen LogP contribution in [0.2, 0.25) is 0 Å². The van der Waals surface area contributed by atoms with Crippen LogP contribution in [-0.4, -0.2) is 13.1 Å². The van der Waals surface area contributed by atoms with Gasteiger partial charge in [0.05, 0.1) is 0 Å². The zero-order valence-electron chi connectivity index (χ0n) is 10.2. The van der Waals surface area contributed by atoms with E-state index in [1.807, 2.05) is 7.05 Å². The van der Waals surface area contributed by atoms with Crippen molar-refractivity contribution in [1.29, 1.82) is 0 Å². The molecule has 0 bridgehead atoms. The van der Waals surface area contributed by atoms with Crippen LogP contribution in [0.3, 0.4) is 0 Å². The van der Waals surface area contributed by atoms with Gasteiger partial charge in [-0.25, -0.2) is 0 Å². The highest BCUT2D eigenvalue weighted by Gasteiger charge is 2.06. The van der Waals surface area contributed by atoms with Gasteiger partial charge in [0.25, 0.3) is 0 Å². The second-order valence-electron chi connectivity index (χ2n) is 4.43. The molecule has 1 aromatic heterocycles. The van der Waals surface area contributed by atoms with Crippen LogP contribution in [0.4, 0.5) is 0 Å². The lowest BCUT2D eigenvalue weighted by Crippen LogP contribution is -2.21. The van der Waals surface area contributed by atoms with Crippen molar-refractivity contribution < 1.29 is 4.42 Å². The summed E-state index contributed by atoms with van der Waals surface area (Å²) in [6.45, 7) is 4.28. The normalized spacial score (nSPS) is 13.2. The monoisotopic (exact) mass is 217 g/mol. The average Bonchev–Trinajstić information content (AvgIpc) is 2.70. The van der Waals surface area contributed by atoms with Gasteiger partial charge in [0.2, 0.25) is 0 Å². The van der Waals surface area contributed by atoms with Crippen LogP contribution in [0.25, 0.3) is 11.0 Å². The zero-order chi connectivity index (χ0) is 11.5. The number of fused-ring (bicyclic) bond motifs is 1. The van der Waals surface area contributed by atoms with Gasteiger partial charge in [0.1, 0.15) is 11.3 Å². The largest absolute Gasteiger partial charge is 0.461 e. The molecule has 16 heavy (non-hydrogen) atoms. The minimum atomic E-state index is 0.536. The maximum absolute atomic E-state index is 5.87. The van der Waals surface area contributed by atoms with E-state index in [1.165, 1.54) is 10.9 Å². The molecule has 0 amide bonds. The summed E-state index contributed by atoms with van der Waals surface area (Å²) < 4.78 is 5.87. The number of furan rings is 1. The van der Waals surface area contributed by atoms with E-state index >= 15 is 0 Å². The summed E-state index contributed by atoms with van der Waals surface area (Å²) in [6.07, 6.45) is 2.10. The SMILES string of the molecule is CNC(C)CCc1cc2cccc(C)c2o1. The van der Waals surface area contributed by atoms with Gasteiger partial charge < -0.3 is 9.73 Å². The summed E-state index contributed by atoms with van der Waals surface area (Å²) in [5.74, 6) is 1.09. The summed E-state index contributed by atoms with van der Waals surface area (Å²) in [4.78, 5) is 0. The highest BCUT2D eigenvalue weighted by atomic mass is 16.3. The van der Waals surface area contributed by atoms with Crippen LogP contribution in [0.15, 0.2) is 28.7 Å². The minimum Gasteiger partial charge on any atom is -0.461 e. The Morgan fingerprint density at radius 3 is 2.88 bits per heavy atom. The smallest absolute Gasteiger partial charge is 0.137 e. The fourth-order valence-corrected chi connectivity index (χ4v) is 1.89. The maximum Gasteiger partial charge on any atom is 0.137 e. The summed E-state index contributed by atoms with van der Waals surface area (Å²) in [5.41, 5.74) is 2.25. The molecule has 0 aliphatic rings. The molecule has 1 heterocycles. The molecule has 1 unspecified atom stereocenters. The van der Waals surface area contributed by atoms with Crippen LogP contribution < -0.4 is 5.32 Å². The summed E-state index contributed by atoms with van der Waals surface area (Å²) in [5, 5.41) is 4.45. The highest BCUT2D eigenvalue weighted by Crippen LogP contribution is 2.23. The molecular weight excluding hydrogens is 198 g/mol. The lowest BCUT2D eigenvalue weighted by molar-refractivity contribution is 0.496. The Hall–Kier alpha value is -1.28. The molecule has 0 aliphatic carbocycles. The predicted molar refractivity (Wildman–Crippen MR) is 67.8 cm³/mol. The molecule has 2 nitrogen and oxygen atoms in total. The van der Waals surface area contributed by atoms with E-state index in [1.54, 1.807) is 0 Å². The van der Waals surface area contributed by atoms with Crippen LogP contribution in [0.5, 0.6) is 0 Å². The van der Waals surface area contributed by atoms with Gasteiger partial charge in [-0.2, -0.15) is 0 Å². The molecule has 86 valence electrons. The van der Waals surface area contributed by atoms with Crippen molar-refractivity contribution in [1.82, 2.24) is 5.32 Å². The highest BCUT2D eigenvalue weighted by molar-refractivity contribution is 5.80. The molecular formula is C14H19NO. The Balaban J connectivity index is 2.17. The van der Waals surface area contributed by atoms with E-state index in [-0.39, 0.29) is 0 Å². The third-order valence-corrected chi connectivity index (χ3v) is 3.11. The van der Waals surface area contributed by atoms with E-state index in [9.17, 15) is 0 Å². The van der Waals surface area contributed by atoms with Crippen LogP contribution in [-0.2, 0) is 6.42 Å². The molecule has 0 saturated carbocycles. The number of hydrogen-bond donors (Lipinski definition) is 1. The molecule has 0 spiro atoms. The Kier molecular flexibility index (Phi) is 3.30. The van der Waals surface area contributed by atoms with Crippen molar-refractivity contribution in [3.8, 4) is 0 Å². The number of para-hydroxylation sites is 1. The molecule has 1 atom stereocenters. The number of nitrogens with one attached hydrogen (secondary N) is 1. The molecule has 2 rings (SSSR count). The molecule has 1 aromatic carbocycles. The quantitative estimate of drug-likeness (QED) is 0.850.